The highest BCUT2D eigenvalue weighted by atomic mass is 28.4. The molecule has 2 aromatic carbocycles. The van der Waals surface area contributed by atoms with Crippen LogP contribution in [-0.2, 0) is 10.0 Å². The van der Waals surface area contributed by atoms with Gasteiger partial charge in [0.15, 0.2) is 8.32 Å². The molecule has 0 aliphatic rings. The lowest BCUT2D eigenvalue weighted by Crippen LogP contribution is -2.59. The highest BCUT2D eigenvalue weighted by molar-refractivity contribution is 6.74. The molecule has 3 nitrogen and oxygen atoms in total. The molecular formula is C22H27F3O3Si. The van der Waals surface area contributed by atoms with Gasteiger partial charge in [0.05, 0.1) is 7.11 Å². The molecule has 0 spiro atoms. The predicted molar refractivity (Wildman–Crippen MR) is 110 cm³/mol. The zero-order valence-electron chi connectivity index (χ0n) is 17.6. The number of Topliss-reactive ketones (excluding diaryl/α,β-unsaturated/α-hetero) is 1. The fourth-order valence-electron chi connectivity index (χ4n) is 2.74. The zero-order valence-corrected chi connectivity index (χ0v) is 18.6. The third-order valence-electron chi connectivity index (χ3n) is 5.47. The van der Waals surface area contributed by atoms with Gasteiger partial charge in [-0.2, -0.15) is 13.2 Å². The summed E-state index contributed by atoms with van der Waals surface area (Å²) in [5.41, 5.74) is -3.41. The van der Waals surface area contributed by atoms with Crippen molar-refractivity contribution in [3.05, 3.63) is 65.7 Å². The van der Waals surface area contributed by atoms with E-state index in [1.54, 1.807) is 19.2 Å². The molecule has 29 heavy (non-hydrogen) atoms. The summed E-state index contributed by atoms with van der Waals surface area (Å²) in [6.45, 7) is 8.92. The van der Waals surface area contributed by atoms with E-state index in [0.717, 1.165) is 0 Å². The van der Waals surface area contributed by atoms with Crippen LogP contribution in [0.25, 0.3) is 0 Å². The molecule has 0 aromatic heterocycles. The van der Waals surface area contributed by atoms with Gasteiger partial charge in [0, 0.05) is 5.56 Å². The van der Waals surface area contributed by atoms with Crippen LogP contribution < -0.4 is 4.74 Å². The van der Waals surface area contributed by atoms with Crippen molar-refractivity contribution in [3.63, 3.8) is 0 Å². The summed E-state index contributed by atoms with van der Waals surface area (Å²) in [4.78, 5) is 13.5. The molecule has 0 saturated carbocycles. The number of halogens is 3. The van der Waals surface area contributed by atoms with Crippen molar-refractivity contribution in [2.45, 2.75) is 50.7 Å². The number of hydrogen-bond acceptors (Lipinski definition) is 3. The maximum Gasteiger partial charge on any atom is 0.428 e. The van der Waals surface area contributed by atoms with Crippen molar-refractivity contribution in [1.29, 1.82) is 0 Å². The van der Waals surface area contributed by atoms with Crippen molar-refractivity contribution in [3.8, 4) is 5.75 Å². The smallest absolute Gasteiger partial charge is 0.428 e. The number of hydrogen-bond donors (Lipinski definition) is 0. The molecule has 0 radical (unpaired) electrons. The van der Waals surface area contributed by atoms with Gasteiger partial charge >= 0.3 is 6.18 Å². The minimum Gasteiger partial charge on any atom is -0.497 e. The quantitative estimate of drug-likeness (QED) is 0.400. The SMILES string of the molecule is COc1ccc(C(=O)C(O[Si](C)(C)C(C)(C)C)(c2ccccc2)C(F)(F)F)cc1. The van der Waals surface area contributed by atoms with Crippen molar-refractivity contribution in [2.75, 3.05) is 7.11 Å². The number of benzene rings is 2. The van der Waals surface area contributed by atoms with Crippen LogP contribution in [0, 0.1) is 0 Å². The predicted octanol–water partition coefficient (Wildman–Crippen LogP) is 6.36. The van der Waals surface area contributed by atoms with Crippen molar-refractivity contribution in [2.24, 2.45) is 0 Å². The Morgan fingerprint density at radius 3 is 1.83 bits per heavy atom. The standard InChI is InChI=1S/C22H27F3O3Si/c1-20(2,3)29(5,6)28-21(22(23,24)25,17-10-8-7-9-11-17)19(26)16-12-14-18(27-4)15-13-16/h7-15H,1-6H3. The topological polar surface area (TPSA) is 35.5 Å². The van der Waals surface area contributed by atoms with E-state index in [4.69, 9.17) is 9.16 Å². The molecule has 0 amide bonds. The van der Waals surface area contributed by atoms with Crippen molar-refractivity contribution >= 4 is 14.1 Å². The van der Waals surface area contributed by atoms with Gasteiger partial charge in [0.2, 0.25) is 11.4 Å². The van der Waals surface area contributed by atoms with E-state index < -0.39 is 30.9 Å². The summed E-state index contributed by atoms with van der Waals surface area (Å²) in [6.07, 6.45) is -4.96. The number of carbonyl (C=O) groups is 1. The Hall–Kier alpha value is -2.12. The molecule has 0 bridgehead atoms. The first-order chi connectivity index (χ1) is 13.3. The Balaban J connectivity index is 2.76. The van der Waals surface area contributed by atoms with Crippen molar-refractivity contribution in [1.82, 2.24) is 0 Å². The van der Waals surface area contributed by atoms with Gasteiger partial charge in [-0.05, 0) is 48.0 Å². The summed E-state index contributed by atoms with van der Waals surface area (Å²) in [5.74, 6) is -0.687. The second-order valence-corrected chi connectivity index (χ2v) is 13.2. The molecule has 2 rings (SSSR count). The number of alkyl halides is 3. The number of ether oxygens (including phenoxy) is 1. The minimum atomic E-state index is -4.96. The molecule has 0 heterocycles. The third kappa shape index (κ3) is 4.40. The summed E-state index contributed by atoms with van der Waals surface area (Å²) in [6, 6.07) is 12.7. The summed E-state index contributed by atoms with van der Waals surface area (Å²) < 4.78 is 55.1. The normalized spacial score (nSPS) is 14.9. The average molecular weight is 425 g/mol. The van der Waals surface area contributed by atoms with Crippen LogP contribution in [0.1, 0.15) is 36.7 Å². The van der Waals surface area contributed by atoms with Crippen molar-refractivity contribution < 1.29 is 27.1 Å². The maximum atomic E-state index is 14.7. The number of methoxy groups -OCH3 is 1. The van der Waals surface area contributed by atoms with Crippen LogP contribution in [0.2, 0.25) is 18.1 Å². The van der Waals surface area contributed by atoms with Gasteiger partial charge in [-0.15, -0.1) is 0 Å². The summed E-state index contributed by atoms with van der Waals surface area (Å²) >= 11 is 0. The molecule has 0 aliphatic heterocycles. The second kappa shape index (κ2) is 7.95. The van der Waals surface area contributed by atoms with E-state index in [9.17, 15) is 18.0 Å². The van der Waals surface area contributed by atoms with E-state index in [2.05, 4.69) is 0 Å². The summed E-state index contributed by atoms with van der Waals surface area (Å²) in [5, 5.41) is -0.529. The Bertz CT molecular complexity index is 840. The Morgan fingerprint density at radius 2 is 1.41 bits per heavy atom. The lowest BCUT2D eigenvalue weighted by Gasteiger charge is -2.45. The third-order valence-corrected chi connectivity index (χ3v) is 9.89. The van der Waals surface area contributed by atoms with Gasteiger partial charge in [0.25, 0.3) is 0 Å². The molecule has 0 N–H and O–H groups in total. The molecule has 1 atom stereocenters. The van der Waals surface area contributed by atoms with Gasteiger partial charge in [-0.3, -0.25) is 4.79 Å². The summed E-state index contributed by atoms with van der Waals surface area (Å²) in [7, 11) is -1.57. The molecule has 0 saturated heterocycles. The van der Waals surface area contributed by atoms with Crippen LogP contribution >= 0.6 is 0 Å². The monoisotopic (exact) mass is 424 g/mol. The fourth-order valence-corrected chi connectivity index (χ4v) is 4.14. The molecular weight excluding hydrogens is 397 g/mol. The highest BCUT2D eigenvalue weighted by Crippen LogP contribution is 2.50. The molecule has 158 valence electrons. The largest absolute Gasteiger partial charge is 0.497 e. The molecule has 0 aliphatic carbocycles. The van der Waals surface area contributed by atoms with Gasteiger partial charge < -0.3 is 9.16 Å². The van der Waals surface area contributed by atoms with Crippen LogP contribution in [0.5, 0.6) is 5.75 Å². The van der Waals surface area contributed by atoms with E-state index >= 15 is 0 Å². The van der Waals surface area contributed by atoms with Crippen LogP contribution in [0.3, 0.4) is 0 Å². The van der Waals surface area contributed by atoms with Crippen LogP contribution in [0.4, 0.5) is 13.2 Å². The Kier molecular flexibility index (Phi) is 6.35. The first-order valence-electron chi connectivity index (χ1n) is 9.27. The Labute approximate surface area is 171 Å². The van der Waals surface area contributed by atoms with Crippen LogP contribution in [-0.4, -0.2) is 27.4 Å². The first-order valence-corrected chi connectivity index (χ1v) is 12.2. The number of carbonyl (C=O) groups excluding carboxylic acids is 1. The second-order valence-electron chi connectivity index (χ2n) is 8.46. The molecule has 0 fully saturated rings. The Morgan fingerprint density at radius 1 is 0.897 bits per heavy atom. The van der Waals surface area contributed by atoms with Gasteiger partial charge in [-0.1, -0.05) is 51.1 Å². The van der Waals surface area contributed by atoms with Gasteiger partial charge in [0.1, 0.15) is 5.75 Å². The van der Waals surface area contributed by atoms with E-state index in [1.807, 2.05) is 20.8 Å². The fraction of sp³-hybridized carbons (Fsp3) is 0.409. The lowest BCUT2D eigenvalue weighted by molar-refractivity contribution is -0.235. The van der Waals surface area contributed by atoms with Crippen LogP contribution in [0.15, 0.2) is 54.6 Å². The minimum absolute atomic E-state index is 0.0920. The zero-order chi connectivity index (χ0) is 22.1. The first kappa shape index (κ1) is 23.2. The van der Waals surface area contributed by atoms with E-state index in [1.165, 1.54) is 55.6 Å². The highest BCUT2D eigenvalue weighted by Gasteiger charge is 2.65. The number of ketones is 1. The molecule has 2 aromatic rings. The van der Waals surface area contributed by atoms with Gasteiger partial charge in [-0.25, -0.2) is 0 Å². The number of rotatable bonds is 6. The lowest BCUT2D eigenvalue weighted by atomic mass is 9.85. The average Bonchev–Trinajstić information content (AvgIpc) is 2.64. The maximum absolute atomic E-state index is 14.7. The molecule has 7 heteroatoms. The van der Waals surface area contributed by atoms with E-state index in [-0.39, 0.29) is 11.1 Å². The van der Waals surface area contributed by atoms with E-state index in [0.29, 0.717) is 5.75 Å². The molecule has 1 unspecified atom stereocenters.